The van der Waals surface area contributed by atoms with Gasteiger partial charge in [0.2, 0.25) is 0 Å². The van der Waals surface area contributed by atoms with Gasteiger partial charge in [0, 0.05) is 15.7 Å². The van der Waals surface area contributed by atoms with Crippen LogP contribution in [0.1, 0.15) is 32.3 Å². The van der Waals surface area contributed by atoms with Crippen molar-refractivity contribution in [3.8, 4) is 0 Å². The molecule has 1 aromatic carbocycles. The molecule has 0 spiro atoms. The third-order valence-electron chi connectivity index (χ3n) is 3.80. The summed E-state index contributed by atoms with van der Waals surface area (Å²) in [5.41, 5.74) is 1.11. The number of ether oxygens (including phenoxy) is 1. The van der Waals surface area contributed by atoms with Crippen LogP contribution in [0.4, 0.5) is 0 Å². The zero-order valence-electron chi connectivity index (χ0n) is 13.0. The molecule has 2 rings (SSSR count). The maximum absolute atomic E-state index is 12.8. The van der Waals surface area contributed by atoms with Gasteiger partial charge in [0.1, 0.15) is 0 Å². The first-order valence-corrected chi connectivity index (χ1v) is 8.25. The molecule has 0 fully saturated rings. The lowest BCUT2D eigenvalue weighted by Crippen LogP contribution is -2.14. The van der Waals surface area contributed by atoms with Gasteiger partial charge in [0.15, 0.2) is 0 Å². The summed E-state index contributed by atoms with van der Waals surface area (Å²) in [4.78, 5) is 13.2. The molecule has 0 aromatic heterocycles. The third-order valence-corrected chi connectivity index (χ3v) is 5.38. The number of methoxy groups -OCH3 is 1. The molecule has 0 saturated carbocycles. The van der Waals surface area contributed by atoms with E-state index < -0.39 is 10.8 Å². The molecule has 4 heteroatoms. The van der Waals surface area contributed by atoms with Crippen molar-refractivity contribution in [1.29, 1.82) is 0 Å². The van der Waals surface area contributed by atoms with Crippen LogP contribution in [0, 0.1) is 18.3 Å². The lowest BCUT2D eigenvalue weighted by atomic mass is 9.89. The lowest BCUT2D eigenvalue weighted by molar-refractivity contribution is -0.141. The Morgan fingerprint density at radius 3 is 2.52 bits per heavy atom. The van der Waals surface area contributed by atoms with Crippen LogP contribution in [0.15, 0.2) is 40.1 Å². The SMILES string of the molecule is COC(=O)C[C@H]1CC(C)(C)C=C1[S@@](=O)c1ccc(C)cc1. The number of carbonyl (C=O) groups is 1. The minimum atomic E-state index is -1.21. The van der Waals surface area contributed by atoms with Crippen molar-refractivity contribution in [1.82, 2.24) is 0 Å². The van der Waals surface area contributed by atoms with Gasteiger partial charge in [-0.3, -0.25) is 4.79 Å². The molecule has 1 aromatic rings. The van der Waals surface area contributed by atoms with Crippen molar-refractivity contribution >= 4 is 16.8 Å². The number of carbonyl (C=O) groups excluding carboxylic acids is 1. The standard InChI is InChI=1S/C17H22O3S/c1-12-5-7-14(8-6-12)21(19)15-11-17(2,3)10-13(15)9-16(18)20-4/h5-8,11,13H,9-10H2,1-4H3/t13-,21-/m0/s1. The third kappa shape index (κ3) is 3.82. The van der Waals surface area contributed by atoms with Crippen molar-refractivity contribution in [3.63, 3.8) is 0 Å². The predicted molar refractivity (Wildman–Crippen MR) is 84.2 cm³/mol. The van der Waals surface area contributed by atoms with Crippen LogP contribution in [-0.4, -0.2) is 17.3 Å². The van der Waals surface area contributed by atoms with Gasteiger partial charge in [-0.1, -0.05) is 37.6 Å². The fourth-order valence-electron chi connectivity index (χ4n) is 2.76. The summed E-state index contributed by atoms with van der Waals surface area (Å²) < 4.78 is 17.6. The summed E-state index contributed by atoms with van der Waals surface area (Å²) >= 11 is 0. The number of aryl methyl sites for hydroxylation is 1. The fraction of sp³-hybridized carbons (Fsp3) is 0.471. The molecule has 0 unspecified atom stereocenters. The van der Waals surface area contributed by atoms with Crippen molar-refractivity contribution in [3.05, 3.63) is 40.8 Å². The Hall–Kier alpha value is -1.42. The molecule has 21 heavy (non-hydrogen) atoms. The van der Waals surface area contributed by atoms with Crippen LogP contribution < -0.4 is 0 Å². The molecule has 0 amide bonds. The molecule has 0 heterocycles. The molecule has 1 aliphatic rings. The second kappa shape index (κ2) is 6.14. The second-order valence-corrected chi connectivity index (χ2v) is 7.78. The highest BCUT2D eigenvalue weighted by Gasteiger charge is 2.36. The van der Waals surface area contributed by atoms with E-state index in [0.29, 0.717) is 6.42 Å². The smallest absolute Gasteiger partial charge is 0.306 e. The van der Waals surface area contributed by atoms with Gasteiger partial charge in [-0.15, -0.1) is 0 Å². The van der Waals surface area contributed by atoms with Crippen LogP contribution >= 0.6 is 0 Å². The molecule has 0 saturated heterocycles. The molecule has 0 radical (unpaired) electrons. The van der Waals surface area contributed by atoms with Crippen LogP contribution in [0.5, 0.6) is 0 Å². The van der Waals surface area contributed by atoms with E-state index in [1.807, 2.05) is 31.2 Å². The minimum absolute atomic E-state index is 0.00501. The maximum atomic E-state index is 12.8. The van der Waals surface area contributed by atoms with E-state index in [1.54, 1.807) is 0 Å². The summed E-state index contributed by atoms with van der Waals surface area (Å²) in [7, 11) is 0.183. The van der Waals surface area contributed by atoms with Crippen LogP contribution in [-0.2, 0) is 20.3 Å². The largest absolute Gasteiger partial charge is 0.469 e. The van der Waals surface area contributed by atoms with Crippen LogP contribution in [0.3, 0.4) is 0 Å². The van der Waals surface area contributed by atoms with Gasteiger partial charge in [-0.2, -0.15) is 0 Å². The summed E-state index contributed by atoms with van der Waals surface area (Å²) in [6.45, 7) is 6.22. The second-order valence-electron chi connectivity index (χ2n) is 6.30. The monoisotopic (exact) mass is 306 g/mol. The Bertz CT molecular complexity index is 585. The van der Waals surface area contributed by atoms with Crippen molar-refractivity contribution < 1.29 is 13.7 Å². The van der Waals surface area contributed by atoms with E-state index >= 15 is 0 Å². The van der Waals surface area contributed by atoms with Gasteiger partial charge >= 0.3 is 5.97 Å². The lowest BCUT2D eigenvalue weighted by Gasteiger charge is -2.17. The highest BCUT2D eigenvalue weighted by molar-refractivity contribution is 7.89. The minimum Gasteiger partial charge on any atom is -0.469 e. The van der Waals surface area contributed by atoms with Crippen LogP contribution in [0.2, 0.25) is 0 Å². The first-order valence-electron chi connectivity index (χ1n) is 7.10. The van der Waals surface area contributed by atoms with E-state index in [0.717, 1.165) is 21.8 Å². The van der Waals surface area contributed by atoms with E-state index in [4.69, 9.17) is 4.74 Å². The zero-order valence-corrected chi connectivity index (χ0v) is 13.8. The van der Waals surface area contributed by atoms with E-state index in [9.17, 15) is 9.00 Å². The summed E-state index contributed by atoms with van der Waals surface area (Å²) in [6.07, 6.45) is 3.19. The first-order chi connectivity index (χ1) is 9.82. The van der Waals surface area contributed by atoms with Gasteiger partial charge in [0.05, 0.1) is 24.3 Å². The molecule has 3 nitrogen and oxygen atoms in total. The Kier molecular flexibility index (Phi) is 4.67. The number of rotatable bonds is 4. The Labute approximate surface area is 128 Å². The first kappa shape index (κ1) is 16.0. The van der Waals surface area contributed by atoms with E-state index in [-0.39, 0.29) is 17.3 Å². The quantitative estimate of drug-likeness (QED) is 0.798. The summed E-state index contributed by atoms with van der Waals surface area (Å²) in [5.74, 6) is -0.251. The average molecular weight is 306 g/mol. The molecule has 0 N–H and O–H groups in total. The molecule has 2 atom stereocenters. The number of hydrogen-bond acceptors (Lipinski definition) is 3. The summed E-state index contributed by atoms with van der Waals surface area (Å²) in [6, 6.07) is 7.71. The van der Waals surface area contributed by atoms with E-state index in [1.165, 1.54) is 7.11 Å². The highest BCUT2D eigenvalue weighted by atomic mass is 32.2. The Morgan fingerprint density at radius 1 is 1.33 bits per heavy atom. The van der Waals surface area contributed by atoms with Crippen LogP contribution in [0.25, 0.3) is 0 Å². The van der Waals surface area contributed by atoms with Gasteiger partial charge < -0.3 is 4.74 Å². The number of esters is 1. The van der Waals surface area contributed by atoms with E-state index in [2.05, 4.69) is 19.9 Å². The molecular weight excluding hydrogens is 284 g/mol. The molecule has 0 aliphatic heterocycles. The molecule has 114 valence electrons. The fourth-order valence-corrected chi connectivity index (χ4v) is 4.31. The van der Waals surface area contributed by atoms with Gasteiger partial charge in [0.25, 0.3) is 0 Å². The topological polar surface area (TPSA) is 43.4 Å². The maximum Gasteiger partial charge on any atom is 0.306 e. The van der Waals surface area contributed by atoms with Gasteiger partial charge in [-0.05, 0) is 30.9 Å². The Balaban J connectivity index is 2.27. The number of allylic oxidation sites excluding steroid dienone is 2. The van der Waals surface area contributed by atoms with Gasteiger partial charge in [-0.25, -0.2) is 4.21 Å². The molecule has 1 aliphatic carbocycles. The normalized spacial score (nSPS) is 21.7. The molecular formula is C17H22O3S. The summed E-state index contributed by atoms with van der Waals surface area (Å²) in [5, 5.41) is 0. The van der Waals surface area contributed by atoms with Crippen molar-refractivity contribution in [2.75, 3.05) is 7.11 Å². The predicted octanol–water partition coefficient (Wildman–Crippen LogP) is 3.60. The average Bonchev–Trinajstić information content (AvgIpc) is 2.73. The van der Waals surface area contributed by atoms with Crippen molar-refractivity contribution in [2.45, 2.75) is 38.5 Å². The highest BCUT2D eigenvalue weighted by Crippen LogP contribution is 2.43. The molecule has 0 bridgehead atoms. The Morgan fingerprint density at radius 2 is 1.95 bits per heavy atom. The van der Waals surface area contributed by atoms with Crippen molar-refractivity contribution in [2.24, 2.45) is 11.3 Å². The zero-order chi connectivity index (χ0) is 15.6. The number of benzene rings is 1. The number of hydrogen-bond donors (Lipinski definition) is 0.